The monoisotopic (exact) mass is 475 g/mol. The summed E-state index contributed by atoms with van der Waals surface area (Å²) in [5.74, 6) is 0.282. The van der Waals surface area contributed by atoms with Gasteiger partial charge in [0.05, 0.1) is 15.1 Å². The van der Waals surface area contributed by atoms with E-state index in [0.717, 1.165) is 21.7 Å². The molecule has 0 aliphatic heterocycles. The zero-order chi connectivity index (χ0) is 22.1. The average Bonchev–Trinajstić information content (AvgIpc) is 3.21. The maximum atomic E-state index is 10.8. The second kappa shape index (κ2) is 13.4. The molecule has 4 rings (SSSR count). The van der Waals surface area contributed by atoms with Crippen LogP contribution in [0.4, 0.5) is 0 Å². The summed E-state index contributed by atoms with van der Waals surface area (Å²) in [6.45, 7) is 7.83. The third-order valence-corrected chi connectivity index (χ3v) is 5.95. The molecule has 0 bridgehead atoms. The van der Waals surface area contributed by atoms with Crippen LogP contribution in [0.1, 0.15) is 20.4 Å². The molecule has 2 N–H and O–H groups in total. The summed E-state index contributed by atoms with van der Waals surface area (Å²) in [5.41, 5.74) is 3.00. The number of hydrogen-bond donors (Lipinski definition) is 2. The van der Waals surface area contributed by atoms with Crippen LogP contribution in [-0.4, -0.2) is 23.8 Å². The lowest BCUT2D eigenvalue weighted by molar-refractivity contribution is -0.130. The van der Waals surface area contributed by atoms with Crippen LogP contribution in [0.3, 0.4) is 0 Å². The minimum absolute atomic E-state index is 0. The standard InChI is InChI=1S/C13H9NOS.C7H8O4S.C2H4.2CH4/c15-10-7-5-9(6-8-10)13-14-11-3-1-2-4-12(11)16-13;1-6-2-4-7(5-3-6)12(9,10)11-8;1-2;;/h1-8,15H;2-5,8H,1H3;1-2H2;2*1H4. The molecule has 6 nitrogen and oxygen atoms in total. The first-order valence-electron chi connectivity index (χ1n) is 8.69. The molecule has 0 aliphatic carbocycles. The molecule has 0 aliphatic rings. The van der Waals surface area contributed by atoms with Crippen LogP contribution in [0, 0.1) is 6.92 Å². The highest BCUT2D eigenvalue weighted by molar-refractivity contribution is 7.86. The fourth-order valence-corrected chi connectivity index (χ4v) is 3.87. The van der Waals surface area contributed by atoms with Gasteiger partial charge in [-0.3, -0.25) is 0 Å². The van der Waals surface area contributed by atoms with Gasteiger partial charge in [-0.2, -0.15) is 8.42 Å². The predicted molar refractivity (Wildman–Crippen MR) is 134 cm³/mol. The first-order valence-corrected chi connectivity index (χ1v) is 10.9. The lowest BCUT2D eigenvalue weighted by Crippen LogP contribution is -2.02. The third kappa shape index (κ3) is 7.58. The first-order chi connectivity index (χ1) is 14.4. The van der Waals surface area contributed by atoms with E-state index < -0.39 is 10.1 Å². The lowest BCUT2D eigenvalue weighted by atomic mass is 10.2. The number of fused-ring (bicyclic) bond motifs is 1. The summed E-state index contributed by atoms with van der Waals surface area (Å²) in [5, 5.41) is 18.2. The molecule has 172 valence electrons. The number of phenolic OH excluding ortho intramolecular Hbond substituents is 1. The van der Waals surface area contributed by atoms with E-state index in [1.54, 1.807) is 35.6 Å². The third-order valence-electron chi connectivity index (χ3n) is 3.82. The summed E-state index contributed by atoms with van der Waals surface area (Å²) in [7, 11) is -3.96. The molecule has 3 aromatic carbocycles. The Morgan fingerprint density at radius 2 is 1.47 bits per heavy atom. The van der Waals surface area contributed by atoms with Crippen molar-refractivity contribution in [2.24, 2.45) is 0 Å². The van der Waals surface area contributed by atoms with Crippen molar-refractivity contribution in [3.8, 4) is 16.3 Å². The van der Waals surface area contributed by atoms with Crippen molar-refractivity contribution in [3.63, 3.8) is 0 Å². The summed E-state index contributed by atoms with van der Waals surface area (Å²) in [4.78, 5) is 4.49. The smallest absolute Gasteiger partial charge is 0.323 e. The fraction of sp³-hybridized carbons (Fsp3) is 0.125. The Kier molecular flexibility index (Phi) is 12.1. The molecule has 0 saturated carbocycles. The molecule has 0 saturated heterocycles. The zero-order valence-corrected chi connectivity index (χ0v) is 17.9. The molecular formula is C24H29NO5S2. The Bertz CT molecular complexity index is 1150. The van der Waals surface area contributed by atoms with Crippen molar-refractivity contribution >= 4 is 31.7 Å². The van der Waals surface area contributed by atoms with Crippen LogP contribution >= 0.6 is 11.3 Å². The number of aromatic nitrogens is 1. The number of rotatable bonds is 3. The second-order valence-corrected chi connectivity index (χ2v) is 8.43. The molecule has 0 fully saturated rings. The molecule has 32 heavy (non-hydrogen) atoms. The zero-order valence-electron chi connectivity index (χ0n) is 16.2. The Morgan fingerprint density at radius 1 is 0.906 bits per heavy atom. The maximum absolute atomic E-state index is 10.8. The number of aryl methyl sites for hydroxylation is 1. The SMILES string of the molecule is C.C.C=C.Cc1ccc(S(=O)(=O)OO)cc1.Oc1ccc(-c2nc3ccccc3s2)cc1. The van der Waals surface area contributed by atoms with Gasteiger partial charge in [-0.25, -0.2) is 10.2 Å². The number of benzene rings is 3. The topological polar surface area (TPSA) is 96.7 Å². The second-order valence-electron chi connectivity index (χ2n) is 5.88. The van der Waals surface area contributed by atoms with Crippen molar-refractivity contribution in [1.29, 1.82) is 0 Å². The van der Waals surface area contributed by atoms with E-state index in [2.05, 4.69) is 28.5 Å². The van der Waals surface area contributed by atoms with Crippen molar-refractivity contribution in [3.05, 3.63) is 91.5 Å². The van der Waals surface area contributed by atoms with E-state index in [1.807, 2.05) is 37.3 Å². The van der Waals surface area contributed by atoms with E-state index in [4.69, 9.17) is 5.26 Å². The predicted octanol–water partition coefficient (Wildman–Crippen LogP) is 6.92. The summed E-state index contributed by atoms with van der Waals surface area (Å²) < 4.78 is 26.2. The van der Waals surface area contributed by atoms with Crippen LogP contribution in [0.15, 0.2) is 90.8 Å². The summed E-state index contributed by atoms with van der Waals surface area (Å²) in [6.07, 6.45) is 0. The normalized spacial score (nSPS) is 9.81. The Balaban J connectivity index is 0.000000545. The highest BCUT2D eigenvalue weighted by Gasteiger charge is 2.13. The van der Waals surface area contributed by atoms with E-state index >= 15 is 0 Å². The van der Waals surface area contributed by atoms with Crippen molar-refractivity contribution in [2.45, 2.75) is 26.7 Å². The van der Waals surface area contributed by atoms with Gasteiger partial charge in [-0.15, -0.1) is 28.8 Å². The van der Waals surface area contributed by atoms with Gasteiger partial charge < -0.3 is 5.11 Å². The van der Waals surface area contributed by atoms with Crippen LogP contribution in [0.25, 0.3) is 20.8 Å². The number of nitrogens with zero attached hydrogens (tertiary/aromatic N) is 1. The Hall–Kier alpha value is -3.04. The summed E-state index contributed by atoms with van der Waals surface area (Å²) in [6, 6.07) is 21.2. The molecule has 0 radical (unpaired) electrons. The number of phenols is 1. The number of hydrogen-bond acceptors (Lipinski definition) is 7. The van der Waals surface area contributed by atoms with E-state index in [1.165, 1.54) is 16.8 Å². The van der Waals surface area contributed by atoms with Gasteiger partial charge in [-0.05, 0) is 55.5 Å². The molecule has 0 amide bonds. The molecule has 1 aromatic heterocycles. The molecule has 0 atom stereocenters. The minimum Gasteiger partial charge on any atom is -0.508 e. The minimum atomic E-state index is -3.96. The van der Waals surface area contributed by atoms with Gasteiger partial charge in [0.2, 0.25) is 0 Å². The fourth-order valence-electron chi connectivity index (χ4n) is 2.35. The molecule has 4 aromatic rings. The lowest BCUT2D eigenvalue weighted by Gasteiger charge is -1.98. The first kappa shape index (κ1) is 29.0. The molecule has 8 heteroatoms. The quantitative estimate of drug-likeness (QED) is 0.190. The molecular weight excluding hydrogens is 446 g/mol. The van der Waals surface area contributed by atoms with Gasteiger partial charge in [0.15, 0.2) is 0 Å². The van der Waals surface area contributed by atoms with E-state index in [0.29, 0.717) is 0 Å². The van der Waals surface area contributed by atoms with Crippen LogP contribution < -0.4 is 0 Å². The highest BCUT2D eigenvalue weighted by atomic mass is 32.2. The number of thiazole rings is 1. The maximum Gasteiger partial charge on any atom is 0.323 e. The van der Waals surface area contributed by atoms with Crippen LogP contribution in [0.5, 0.6) is 5.75 Å². The number of aromatic hydroxyl groups is 1. The van der Waals surface area contributed by atoms with Gasteiger partial charge in [-0.1, -0.05) is 44.7 Å². The Labute approximate surface area is 194 Å². The van der Waals surface area contributed by atoms with Gasteiger partial charge in [0.25, 0.3) is 0 Å². The van der Waals surface area contributed by atoms with Crippen molar-refractivity contribution in [1.82, 2.24) is 4.98 Å². The largest absolute Gasteiger partial charge is 0.508 e. The van der Waals surface area contributed by atoms with Crippen molar-refractivity contribution < 1.29 is 23.1 Å². The summed E-state index contributed by atoms with van der Waals surface area (Å²) >= 11 is 1.66. The van der Waals surface area contributed by atoms with Crippen molar-refractivity contribution in [2.75, 3.05) is 0 Å². The van der Waals surface area contributed by atoms with Crippen LogP contribution in [-0.2, 0) is 14.5 Å². The molecule has 1 heterocycles. The Morgan fingerprint density at radius 3 is 2.00 bits per heavy atom. The highest BCUT2D eigenvalue weighted by Crippen LogP contribution is 2.30. The van der Waals surface area contributed by atoms with Gasteiger partial charge >= 0.3 is 10.1 Å². The van der Waals surface area contributed by atoms with Gasteiger partial charge in [0.1, 0.15) is 10.8 Å². The van der Waals surface area contributed by atoms with E-state index in [9.17, 15) is 13.5 Å². The average molecular weight is 476 g/mol. The molecule has 0 spiro atoms. The van der Waals surface area contributed by atoms with E-state index in [-0.39, 0.29) is 25.5 Å². The van der Waals surface area contributed by atoms with Crippen LogP contribution in [0.2, 0.25) is 0 Å². The van der Waals surface area contributed by atoms with Gasteiger partial charge in [0, 0.05) is 5.56 Å². The number of para-hydroxylation sites is 1. The molecule has 0 unspecified atom stereocenters.